The molecule has 1 aromatic heterocycles. The Morgan fingerprint density at radius 3 is 2.44 bits per heavy atom. The Kier molecular flexibility index (Phi) is 5.58. The molecule has 1 atom stereocenters. The third kappa shape index (κ3) is 3.26. The molecule has 0 spiro atoms. The number of hydrogen-bond donors (Lipinski definition) is 2. The van der Waals surface area contributed by atoms with Gasteiger partial charge in [0.25, 0.3) is 0 Å². The quantitative estimate of drug-likeness (QED) is 0.829. The van der Waals surface area contributed by atoms with Gasteiger partial charge >= 0.3 is 6.18 Å². The van der Waals surface area contributed by atoms with Crippen LogP contribution in [0.1, 0.15) is 30.4 Å². The highest BCUT2D eigenvalue weighted by Gasteiger charge is 2.34. The lowest BCUT2D eigenvalue weighted by molar-refractivity contribution is -0.140. The average molecular weight is 278 g/mol. The molecule has 1 aliphatic rings. The van der Waals surface area contributed by atoms with E-state index in [2.05, 4.69) is 15.3 Å². The molecule has 0 radical (unpaired) electrons. The Bertz CT molecular complexity index is 321. The minimum absolute atomic E-state index is 0. The molecule has 0 bridgehead atoms. The molecular weight excluding hydrogens is 266 g/mol. The van der Waals surface area contributed by atoms with Gasteiger partial charge in [0.1, 0.15) is 11.5 Å². The van der Waals surface area contributed by atoms with Gasteiger partial charge in [-0.2, -0.15) is 13.2 Å². The van der Waals surface area contributed by atoms with Crippen LogP contribution in [0.2, 0.25) is 0 Å². The summed E-state index contributed by atoms with van der Waals surface area (Å²) in [4.78, 5) is 6.02. The number of nitrogens with zero attached hydrogens (tertiary/aromatic N) is 1. The van der Waals surface area contributed by atoms with Crippen molar-refractivity contribution in [3.05, 3.63) is 17.7 Å². The van der Waals surface area contributed by atoms with E-state index < -0.39 is 11.9 Å². The molecule has 1 aromatic rings. The van der Waals surface area contributed by atoms with Crippen molar-refractivity contribution < 1.29 is 13.2 Å². The van der Waals surface area contributed by atoms with E-state index in [0.29, 0.717) is 5.82 Å². The van der Waals surface area contributed by atoms with Crippen LogP contribution in [0.3, 0.4) is 0 Å². The van der Waals surface area contributed by atoms with Crippen molar-refractivity contribution in [2.75, 3.05) is 6.54 Å². The van der Waals surface area contributed by atoms with E-state index >= 15 is 0 Å². The molecule has 3 nitrogen and oxygen atoms in total. The Hall–Kier alpha value is -0.460. The maximum Gasteiger partial charge on any atom is 0.432 e. The molecule has 0 aromatic carbocycles. The second-order valence-corrected chi connectivity index (χ2v) is 3.33. The Morgan fingerprint density at radius 2 is 2.00 bits per heavy atom. The van der Waals surface area contributed by atoms with Crippen LogP contribution < -0.4 is 5.32 Å². The maximum atomic E-state index is 12.2. The largest absolute Gasteiger partial charge is 0.432 e. The first-order valence-electron chi connectivity index (χ1n) is 4.43. The third-order valence-electron chi connectivity index (χ3n) is 2.29. The number of aromatic amines is 1. The van der Waals surface area contributed by atoms with Crippen LogP contribution in [0.4, 0.5) is 13.2 Å². The summed E-state index contributed by atoms with van der Waals surface area (Å²) in [5.74, 6) is 0.384. The molecule has 1 saturated heterocycles. The summed E-state index contributed by atoms with van der Waals surface area (Å²) in [6, 6.07) is -0.0499. The highest BCUT2D eigenvalue weighted by molar-refractivity contribution is 5.85. The lowest BCUT2D eigenvalue weighted by Crippen LogP contribution is -2.14. The average Bonchev–Trinajstić information content (AvgIpc) is 2.73. The van der Waals surface area contributed by atoms with E-state index in [9.17, 15) is 13.2 Å². The molecule has 0 amide bonds. The molecule has 2 heterocycles. The van der Waals surface area contributed by atoms with Crippen LogP contribution in [0.15, 0.2) is 6.20 Å². The lowest BCUT2D eigenvalue weighted by Gasteiger charge is -2.06. The van der Waals surface area contributed by atoms with Crippen LogP contribution in [-0.4, -0.2) is 16.5 Å². The van der Waals surface area contributed by atoms with Gasteiger partial charge in [-0.25, -0.2) is 4.98 Å². The van der Waals surface area contributed by atoms with Crippen LogP contribution in [0.25, 0.3) is 0 Å². The second kappa shape index (κ2) is 5.75. The number of nitrogens with one attached hydrogen (secondary N) is 2. The fraction of sp³-hybridized carbons (Fsp3) is 0.625. The van der Waals surface area contributed by atoms with Gasteiger partial charge in [0, 0.05) is 0 Å². The zero-order valence-corrected chi connectivity index (χ0v) is 9.81. The third-order valence-corrected chi connectivity index (χ3v) is 2.29. The molecule has 1 unspecified atom stereocenters. The summed E-state index contributed by atoms with van der Waals surface area (Å²) >= 11 is 0. The van der Waals surface area contributed by atoms with Crippen LogP contribution in [-0.2, 0) is 6.18 Å². The van der Waals surface area contributed by atoms with Crippen LogP contribution in [0.5, 0.6) is 0 Å². The van der Waals surface area contributed by atoms with Gasteiger partial charge in [0.05, 0.1) is 12.2 Å². The van der Waals surface area contributed by atoms with E-state index in [1.54, 1.807) is 0 Å². The Morgan fingerprint density at radius 1 is 1.31 bits per heavy atom. The van der Waals surface area contributed by atoms with Gasteiger partial charge in [-0.3, -0.25) is 0 Å². The van der Waals surface area contributed by atoms with Gasteiger partial charge in [-0.05, 0) is 19.4 Å². The predicted molar refractivity (Wildman–Crippen MR) is 58.1 cm³/mol. The number of aromatic nitrogens is 2. The number of hydrogen-bond acceptors (Lipinski definition) is 2. The highest BCUT2D eigenvalue weighted by atomic mass is 35.5. The molecular formula is C8H12Cl2F3N3. The van der Waals surface area contributed by atoms with Gasteiger partial charge < -0.3 is 10.3 Å². The molecule has 16 heavy (non-hydrogen) atoms. The van der Waals surface area contributed by atoms with Crippen molar-refractivity contribution in [1.29, 1.82) is 0 Å². The smallest absolute Gasteiger partial charge is 0.337 e. The first-order valence-corrected chi connectivity index (χ1v) is 4.43. The van der Waals surface area contributed by atoms with E-state index in [1.807, 2.05) is 0 Å². The summed E-state index contributed by atoms with van der Waals surface area (Å²) in [6.45, 7) is 0.840. The van der Waals surface area contributed by atoms with E-state index in [0.717, 1.165) is 25.6 Å². The van der Waals surface area contributed by atoms with Gasteiger partial charge in [0.2, 0.25) is 0 Å². The van der Waals surface area contributed by atoms with Crippen LogP contribution in [0, 0.1) is 0 Å². The van der Waals surface area contributed by atoms with Crippen molar-refractivity contribution in [2.24, 2.45) is 0 Å². The fourth-order valence-electron chi connectivity index (χ4n) is 1.58. The number of rotatable bonds is 1. The zero-order valence-electron chi connectivity index (χ0n) is 8.17. The summed E-state index contributed by atoms with van der Waals surface area (Å²) < 4.78 is 36.6. The molecule has 1 aliphatic heterocycles. The summed E-state index contributed by atoms with van der Waals surface area (Å²) in [5.41, 5.74) is -0.777. The fourth-order valence-corrected chi connectivity index (χ4v) is 1.58. The van der Waals surface area contributed by atoms with E-state index in [-0.39, 0.29) is 30.9 Å². The SMILES string of the molecule is Cl.Cl.FC(F)(F)c1cnc(C2CCCN2)[nH]1. The molecule has 2 rings (SSSR count). The van der Waals surface area contributed by atoms with Gasteiger partial charge in [-0.15, -0.1) is 24.8 Å². The molecule has 8 heteroatoms. The van der Waals surface area contributed by atoms with Gasteiger partial charge in [-0.1, -0.05) is 0 Å². The topological polar surface area (TPSA) is 40.7 Å². The summed E-state index contributed by atoms with van der Waals surface area (Å²) in [6.07, 6.45) is -1.67. The van der Waals surface area contributed by atoms with Crippen molar-refractivity contribution in [3.63, 3.8) is 0 Å². The minimum Gasteiger partial charge on any atom is -0.337 e. The number of halogens is 5. The maximum absolute atomic E-state index is 12.2. The summed E-state index contributed by atoms with van der Waals surface area (Å²) in [5, 5.41) is 3.08. The predicted octanol–water partition coefficient (Wildman–Crippen LogP) is 2.70. The lowest BCUT2D eigenvalue weighted by atomic mass is 10.2. The highest BCUT2D eigenvalue weighted by Crippen LogP contribution is 2.29. The standard InChI is InChI=1S/C8H10F3N3.2ClH/c9-8(10,11)6-4-13-7(14-6)5-2-1-3-12-5;;/h4-5,12H,1-3H2,(H,13,14);2*1H. The van der Waals surface area contributed by atoms with Gasteiger partial charge in [0.15, 0.2) is 0 Å². The van der Waals surface area contributed by atoms with Crippen LogP contribution >= 0.6 is 24.8 Å². The number of H-pyrrole nitrogens is 1. The Labute approximate surface area is 103 Å². The molecule has 0 aliphatic carbocycles. The van der Waals surface area contributed by atoms with Crippen molar-refractivity contribution in [3.8, 4) is 0 Å². The summed E-state index contributed by atoms with van der Waals surface area (Å²) in [7, 11) is 0. The first-order chi connectivity index (χ1) is 6.57. The minimum atomic E-state index is -4.33. The normalized spacial score (nSPS) is 20.1. The first kappa shape index (κ1) is 15.5. The second-order valence-electron chi connectivity index (χ2n) is 3.33. The van der Waals surface area contributed by atoms with E-state index in [4.69, 9.17) is 0 Å². The molecule has 94 valence electrons. The zero-order chi connectivity index (χ0) is 10.2. The molecule has 0 saturated carbocycles. The van der Waals surface area contributed by atoms with Crippen molar-refractivity contribution in [2.45, 2.75) is 25.1 Å². The van der Waals surface area contributed by atoms with Crippen molar-refractivity contribution >= 4 is 24.8 Å². The van der Waals surface area contributed by atoms with Crippen molar-refractivity contribution in [1.82, 2.24) is 15.3 Å². The monoisotopic (exact) mass is 277 g/mol. The molecule has 1 fully saturated rings. The number of alkyl halides is 3. The number of imidazole rings is 1. The Balaban J connectivity index is 0.00000112. The van der Waals surface area contributed by atoms with E-state index in [1.165, 1.54) is 0 Å². The molecule has 2 N–H and O–H groups in total.